The number of hydrogen-bond donors (Lipinski definition) is 1. The van der Waals surface area contributed by atoms with Crippen molar-refractivity contribution in [2.24, 2.45) is 15.7 Å². The van der Waals surface area contributed by atoms with Crippen LogP contribution in [0.2, 0.25) is 39.3 Å². The Labute approximate surface area is 166 Å². The largest absolute Gasteiger partial charge is 0.532 e. The lowest BCUT2D eigenvalue weighted by atomic mass is 9.82. The minimum atomic E-state index is -2.10. The number of nitrogens with zero attached hydrogens (tertiary/aromatic N) is 2. The third kappa shape index (κ3) is 4.12. The Bertz CT molecular complexity index is 877. The molecule has 0 aromatic heterocycles. The fourth-order valence-electron chi connectivity index (χ4n) is 3.10. The van der Waals surface area contributed by atoms with E-state index in [2.05, 4.69) is 4.99 Å². The highest BCUT2D eigenvalue weighted by atomic mass is 28.4. The van der Waals surface area contributed by atoms with E-state index in [9.17, 15) is 9.18 Å². The molecule has 0 aliphatic carbocycles. The Hall–Kier alpha value is -2.21. The van der Waals surface area contributed by atoms with Gasteiger partial charge in [-0.15, -0.1) is 0 Å². The standard InChI is InChI=1S/C18H26FN3O4Si2/c1-27(2,3)25-16-18(22-17(21-16)26-28(4,5)6)10-14(15(20)23)24-13-8-7-11(19)9-12(13)18/h7-9,14H,10H2,1-6H3,(H2,20,23). The zero-order valence-corrected chi connectivity index (χ0v) is 19.0. The summed E-state index contributed by atoms with van der Waals surface area (Å²) >= 11 is 0. The lowest BCUT2D eigenvalue weighted by Gasteiger charge is -2.38. The van der Waals surface area contributed by atoms with Crippen LogP contribution in [0.4, 0.5) is 4.39 Å². The highest BCUT2D eigenvalue weighted by Crippen LogP contribution is 2.46. The van der Waals surface area contributed by atoms with Gasteiger partial charge in [0.1, 0.15) is 11.6 Å². The van der Waals surface area contributed by atoms with Crippen LogP contribution in [0.25, 0.3) is 0 Å². The predicted molar refractivity (Wildman–Crippen MR) is 110 cm³/mol. The molecule has 2 atom stereocenters. The van der Waals surface area contributed by atoms with Gasteiger partial charge in [0.15, 0.2) is 11.6 Å². The molecule has 0 saturated carbocycles. The number of rotatable bonds is 3. The van der Waals surface area contributed by atoms with Gasteiger partial charge in [-0.3, -0.25) is 4.79 Å². The summed E-state index contributed by atoms with van der Waals surface area (Å²) in [6.07, 6.45) is -0.871. The molecule has 7 nitrogen and oxygen atoms in total. The summed E-state index contributed by atoms with van der Waals surface area (Å²) < 4.78 is 32.1. The van der Waals surface area contributed by atoms with Gasteiger partial charge in [0.2, 0.25) is 22.5 Å². The van der Waals surface area contributed by atoms with Gasteiger partial charge in [-0.2, -0.15) is 4.99 Å². The van der Waals surface area contributed by atoms with Gasteiger partial charge >= 0.3 is 6.02 Å². The Kier molecular flexibility index (Phi) is 4.91. The zero-order chi connectivity index (χ0) is 20.9. The summed E-state index contributed by atoms with van der Waals surface area (Å²) in [5.74, 6) is -0.430. The summed E-state index contributed by atoms with van der Waals surface area (Å²) in [4.78, 5) is 21.2. The van der Waals surface area contributed by atoms with E-state index in [1.165, 1.54) is 18.2 Å². The number of benzene rings is 1. The maximum absolute atomic E-state index is 14.1. The first-order chi connectivity index (χ1) is 12.8. The molecule has 1 spiro atoms. The molecule has 10 heteroatoms. The van der Waals surface area contributed by atoms with Crippen LogP contribution in [0.1, 0.15) is 12.0 Å². The second-order valence-corrected chi connectivity index (χ2v) is 17.8. The second-order valence-electron chi connectivity index (χ2n) is 8.95. The Morgan fingerprint density at radius 3 is 2.43 bits per heavy atom. The van der Waals surface area contributed by atoms with Crippen molar-refractivity contribution >= 4 is 34.5 Å². The number of amidine groups is 1. The van der Waals surface area contributed by atoms with Gasteiger partial charge in [-0.25, -0.2) is 9.38 Å². The van der Waals surface area contributed by atoms with Gasteiger partial charge in [0.25, 0.3) is 5.91 Å². The smallest absolute Gasteiger partial charge is 0.302 e. The Morgan fingerprint density at radius 2 is 1.86 bits per heavy atom. The van der Waals surface area contributed by atoms with E-state index in [4.69, 9.17) is 24.3 Å². The molecule has 1 amide bonds. The number of carbonyl (C=O) groups is 1. The molecule has 152 valence electrons. The maximum Gasteiger partial charge on any atom is 0.302 e. The fraction of sp³-hybridized carbons (Fsp3) is 0.500. The average molecular weight is 424 g/mol. The second kappa shape index (κ2) is 6.69. The van der Waals surface area contributed by atoms with E-state index < -0.39 is 40.0 Å². The number of primary amides is 1. The number of nitrogens with two attached hydrogens (primary N) is 1. The van der Waals surface area contributed by atoms with Crippen LogP contribution in [-0.2, 0) is 19.2 Å². The molecule has 2 heterocycles. The van der Waals surface area contributed by atoms with Crippen LogP contribution >= 0.6 is 0 Å². The number of carbonyl (C=O) groups excluding carboxylic acids is 1. The van der Waals surface area contributed by atoms with Gasteiger partial charge in [-0.05, 0) is 57.5 Å². The molecular weight excluding hydrogens is 397 g/mol. The lowest BCUT2D eigenvalue weighted by molar-refractivity contribution is -0.126. The topological polar surface area (TPSA) is 95.5 Å². The van der Waals surface area contributed by atoms with Crippen LogP contribution < -0.4 is 10.5 Å². The average Bonchev–Trinajstić information content (AvgIpc) is 2.81. The van der Waals surface area contributed by atoms with Crippen molar-refractivity contribution in [3.63, 3.8) is 0 Å². The summed E-state index contributed by atoms with van der Waals surface area (Å²) in [6.45, 7) is 12.1. The number of hydrogen-bond acceptors (Lipinski definition) is 6. The molecular formula is C18H26FN3O4Si2. The normalized spacial score (nSPS) is 24.2. The molecule has 2 N–H and O–H groups in total. The van der Waals surface area contributed by atoms with Crippen LogP contribution in [-0.4, -0.2) is 40.6 Å². The van der Waals surface area contributed by atoms with Crippen LogP contribution in [0.5, 0.6) is 5.75 Å². The fourth-order valence-corrected chi connectivity index (χ4v) is 4.53. The number of halogens is 1. The molecule has 2 aliphatic rings. The van der Waals surface area contributed by atoms with E-state index in [1.54, 1.807) is 0 Å². The minimum absolute atomic E-state index is 0.0701. The first-order valence-corrected chi connectivity index (χ1v) is 15.9. The van der Waals surface area contributed by atoms with Crippen molar-refractivity contribution in [3.8, 4) is 5.75 Å². The maximum atomic E-state index is 14.1. The van der Waals surface area contributed by atoms with Crippen molar-refractivity contribution < 1.29 is 22.8 Å². The molecule has 1 aromatic rings. The monoisotopic (exact) mass is 423 g/mol. The molecule has 1 aromatic carbocycles. The van der Waals surface area contributed by atoms with Crippen molar-refractivity contribution in [1.29, 1.82) is 0 Å². The van der Waals surface area contributed by atoms with Gasteiger partial charge < -0.3 is 19.3 Å². The van der Waals surface area contributed by atoms with E-state index in [-0.39, 0.29) is 12.4 Å². The molecule has 2 aliphatic heterocycles. The third-order valence-corrected chi connectivity index (χ3v) is 5.69. The van der Waals surface area contributed by atoms with E-state index in [0.29, 0.717) is 17.2 Å². The Morgan fingerprint density at radius 1 is 1.21 bits per heavy atom. The highest BCUT2D eigenvalue weighted by molar-refractivity contribution is 6.72. The Balaban J connectivity index is 2.19. The quantitative estimate of drug-likeness (QED) is 0.756. The molecule has 28 heavy (non-hydrogen) atoms. The summed E-state index contributed by atoms with van der Waals surface area (Å²) in [6, 6.07) is 4.27. The SMILES string of the molecule is C[Si](C)(C)OC1=NC2(CC(C(N)=O)Oc3ccc(F)cc32)C(O[Si](C)(C)C)=N1. The minimum Gasteiger partial charge on any atom is -0.532 e. The van der Waals surface area contributed by atoms with Crippen LogP contribution in [0.3, 0.4) is 0 Å². The van der Waals surface area contributed by atoms with Crippen molar-refractivity contribution in [3.05, 3.63) is 29.6 Å². The molecule has 3 rings (SSSR count). The summed E-state index contributed by atoms with van der Waals surface area (Å²) in [5, 5.41) is 0. The van der Waals surface area contributed by atoms with E-state index in [1.807, 2.05) is 39.3 Å². The van der Waals surface area contributed by atoms with Crippen LogP contribution in [0.15, 0.2) is 28.2 Å². The van der Waals surface area contributed by atoms with Crippen molar-refractivity contribution in [2.45, 2.75) is 57.3 Å². The molecule has 0 radical (unpaired) electrons. The third-order valence-electron chi connectivity index (χ3n) is 4.09. The number of amides is 1. The number of ether oxygens (including phenoxy) is 1. The van der Waals surface area contributed by atoms with Gasteiger partial charge in [0, 0.05) is 12.0 Å². The number of fused-ring (bicyclic) bond motifs is 2. The zero-order valence-electron chi connectivity index (χ0n) is 17.0. The molecule has 0 bridgehead atoms. The lowest BCUT2D eigenvalue weighted by Crippen LogP contribution is -2.49. The first-order valence-electron chi connectivity index (χ1n) is 9.12. The molecule has 0 saturated heterocycles. The van der Waals surface area contributed by atoms with Crippen LogP contribution in [0, 0.1) is 5.82 Å². The summed E-state index contributed by atoms with van der Waals surface area (Å²) in [7, 11) is -4.11. The van der Waals surface area contributed by atoms with Gasteiger partial charge in [-0.1, -0.05) is 0 Å². The first kappa shape index (κ1) is 20.5. The van der Waals surface area contributed by atoms with E-state index >= 15 is 0 Å². The summed E-state index contributed by atoms with van der Waals surface area (Å²) in [5.41, 5.74) is 4.78. The van der Waals surface area contributed by atoms with Crippen molar-refractivity contribution in [1.82, 2.24) is 0 Å². The predicted octanol–water partition coefficient (Wildman–Crippen LogP) is 3.13. The highest BCUT2D eigenvalue weighted by Gasteiger charge is 2.53. The van der Waals surface area contributed by atoms with E-state index in [0.717, 1.165) is 0 Å². The molecule has 2 unspecified atom stereocenters. The van der Waals surface area contributed by atoms with Crippen molar-refractivity contribution in [2.75, 3.05) is 0 Å². The van der Waals surface area contributed by atoms with Gasteiger partial charge in [0.05, 0.1) is 0 Å². The number of aliphatic imine (C=N–C) groups is 2. The molecule has 0 fully saturated rings.